The average Bonchev–Trinajstić information content (AvgIpc) is 2.89. The Morgan fingerprint density at radius 3 is 2.95 bits per heavy atom. The van der Waals surface area contributed by atoms with Crippen molar-refractivity contribution in [1.82, 2.24) is 19.5 Å². The Labute approximate surface area is 115 Å². The van der Waals surface area contributed by atoms with E-state index >= 15 is 0 Å². The maximum atomic E-state index is 11.7. The zero-order valence-corrected chi connectivity index (χ0v) is 11.4. The van der Waals surface area contributed by atoms with Crippen molar-refractivity contribution >= 4 is 11.2 Å². The van der Waals surface area contributed by atoms with Gasteiger partial charge in [0, 0.05) is 20.1 Å². The molecule has 1 saturated heterocycles. The predicted octanol–water partition coefficient (Wildman–Crippen LogP) is 0.452. The van der Waals surface area contributed by atoms with E-state index in [1.54, 1.807) is 7.05 Å². The number of aromatic nitrogens is 4. The van der Waals surface area contributed by atoms with E-state index in [4.69, 9.17) is 4.74 Å². The van der Waals surface area contributed by atoms with Crippen molar-refractivity contribution in [3.05, 3.63) is 26.7 Å². The molecule has 2 aromatic rings. The highest BCUT2D eigenvalue weighted by molar-refractivity contribution is 5.69. The van der Waals surface area contributed by atoms with Gasteiger partial charge in [-0.25, -0.2) is 9.78 Å². The molecule has 3 heterocycles. The van der Waals surface area contributed by atoms with E-state index in [9.17, 15) is 9.59 Å². The molecule has 1 aliphatic rings. The molecule has 108 valence electrons. The van der Waals surface area contributed by atoms with Crippen LogP contribution in [0.2, 0.25) is 0 Å². The predicted molar refractivity (Wildman–Crippen MR) is 73.9 cm³/mol. The molecule has 2 aromatic heterocycles. The van der Waals surface area contributed by atoms with Gasteiger partial charge in [0.15, 0.2) is 5.65 Å². The largest absolute Gasteiger partial charge is 0.378 e. The van der Waals surface area contributed by atoms with Gasteiger partial charge in [-0.15, -0.1) is 0 Å². The summed E-state index contributed by atoms with van der Waals surface area (Å²) in [5, 5.41) is 0. The fourth-order valence-corrected chi connectivity index (χ4v) is 2.60. The maximum Gasteiger partial charge on any atom is 0.329 e. The van der Waals surface area contributed by atoms with Gasteiger partial charge in [0.2, 0.25) is 0 Å². The van der Waals surface area contributed by atoms with Crippen LogP contribution in [0.4, 0.5) is 0 Å². The Morgan fingerprint density at radius 2 is 2.20 bits per heavy atom. The van der Waals surface area contributed by atoms with Crippen molar-refractivity contribution in [3.63, 3.8) is 0 Å². The number of hydrogen-bond donors (Lipinski definition) is 2. The summed E-state index contributed by atoms with van der Waals surface area (Å²) in [5.74, 6) is 0.723. The Balaban J connectivity index is 1.82. The SMILES string of the molecule is Cn1c(=O)[nH]c(=O)c2[nH]c(CCC3CCCCO3)nc21. The number of imidazole rings is 1. The first kappa shape index (κ1) is 13.1. The van der Waals surface area contributed by atoms with Gasteiger partial charge in [-0.3, -0.25) is 14.3 Å². The summed E-state index contributed by atoms with van der Waals surface area (Å²) < 4.78 is 7.02. The Kier molecular flexibility index (Phi) is 3.43. The molecule has 3 rings (SSSR count). The van der Waals surface area contributed by atoms with Gasteiger partial charge >= 0.3 is 5.69 Å². The van der Waals surface area contributed by atoms with Gasteiger partial charge in [0.05, 0.1) is 6.10 Å². The van der Waals surface area contributed by atoms with Crippen LogP contribution < -0.4 is 11.2 Å². The number of aromatic amines is 2. The molecule has 0 bridgehead atoms. The number of rotatable bonds is 3. The second kappa shape index (κ2) is 5.24. The fraction of sp³-hybridized carbons (Fsp3) is 0.615. The van der Waals surface area contributed by atoms with Crippen LogP contribution in [0.3, 0.4) is 0 Å². The molecule has 1 fully saturated rings. The molecular formula is C13H18N4O3. The molecule has 7 nitrogen and oxygen atoms in total. The van der Waals surface area contributed by atoms with Crippen molar-refractivity contribution in [2.24, 2.45) is 7.05 Å². The lowest BCUT2D eigenvalue weighted by molar-refractivity contribution is 0.0112. The summed E-state index contributed by atoms with van der Waals surface area (Å²) >= 11 is 0. The van der Waals surface area contributed by atoms with Gasteiger partial charge in [-0.1, -0.05) is 0 Å². The van der Waals surface area contributed by atoms with Gasteiger partial charge in [-0.2, -0.15) is 0 Å². The highest BCUT2D eigenvalue weighted by atomic mass is 16.5. The Hall–Kier alpha value is -1.89. The van der Waals surface area contributed by atoms with Gasteiger partial charge in [0.1, 0.15) is 11.3 Å². The quantitative estimate of drug-likeness (QED) is 0.852. The number of nitrogens with one attached hydrogen (secondary N) is 2. The summed E-state index contributed by atoms with van der Waals surface area (Å²) in [7, 11) is 1.59. The highest BCUT2D eigenvalue weighted by Crippen LogP contribution is 2.17. The lowest BCUT2D eigenvalue weighted by Crippen LogP contribution is -2.28. The van der Waals surface area contributed by atoms with Crippen LogP contribution >= 0.6 is 0 Å². The van der Waals surface area contributed by atoms with Crippen LogP contribution in [0, 0.1) is 0 Å². The molecular weight excluding hydrogens is 260 g/mol. The van der Waals surface area contributed by atoms with Crippen LogP contribution in [-0.4, -0.2) is 32.2 Å². The average molecular weight is 278 g/mol. The van der Waals surface area contributed by atoms with Crippen molar-refractivity contribution in [2.75, 3.05) is 6.61 Å². The number of aryl methyl sites for hydroxylation is 2. The summed E-state index contributed by atoms with van der Waals surface area (Å²) in [6, 6.07) is 0. The molecule has 0 radical (unpaired) electrons. The normalized spacial score (nSPS) is 19.6. The van der Waals surface area contributed by atoms with Crippen LogP contribution in [0.5, 0.6) is 0 Å². The third-order valence-corrected chi connectivity index (χ3v) is 3.78. The Bertz CT molecular complexity index is 721. The summed E-state index contributed by atoms with van der Waals surface area (Å²) in [6.07, 6.45) is 5.30. The summed E-state index contributed by atoms with van der Waals surface area (Å²) in [6.45, 7) is 0.832. The van der Waals surface area contributed by atoms with Crippen LogP contribution in [-0.2, 0) is 18.2 Å². The third-order valence-electron chi connectivity index (χ3n) is 3.78. The fourth-order valence-electron chi connectivity index (χ4n) is 2.60. The number of ether oxygens (including phenoxy) is 1. The number of H-pyrrole nitrogens is 2. The van der Waals surface area contributed by atoms with Crippen LogP contribution in [0.15, 0.2) is 9.59 Å². The first-order valence-corrected chi connectivity index (χ1v) is 6.94. The van der Waals surface area contributed by atoms with E-state index in [1.165, 1.54) is 11.0 Å². The van der Waals surface area contributed by atoms with E-state index in [0.717, 1.165) is 31.7 Å². The molecule has 0 aliphatic carbocycles. The second-order valence-corrected chi connectivity index (χ2v) is 5.23. The number of hydrogen-bond acceptors (Lipinski definition) is 4. The monoisotopic (exact) mass is 278 g/mol. The van der Waals surface area contributed by atoms with Crippen LogP contribution in [0.1, 0.15) is 31.5 Å². The van der Waals surface area contributed by atoms with Gasteiger partial charge in [0.25, 0.3) is 5.56 Å². The Morgan fingerprint density at radius 1 is 1.35 bits per heavy atom. The lowest BCUT2D eigenvalue weighted by Gasteiger charge is -2.21. The van der Waals surface area contributed by atoms with Gasteiger partial charge in [-0.05, 0) is 25.7 Å². The topological polar surface area (TPSA) is 92.8 Å². The zero-order chi connectivity index (χ0) is 14.1. The van der Waals surface area contributed by atoms with Crippen molar-refractivity contribution < 1.29 is 4.74 Å². The second-order valence-electron chi connectivity index (χ2n) is 5.23. The van der Waals surface area contributed by atoms with E-state index in [1.807, 2.05) is 0 Å². The minimum absolute atomic E-state index is 0.277. The smallest absolute Gasteiger partial charge is 0.329 e. The van der Waals surface area contributed by atoms with Crippen molar-refractivity contribution in [2.45, 2.75) is 38.2 Å². The molecule has 1 atom stereocenters. The van der Waals surface area contributed by atoms with E-state index in [0.29, 0.717) is 17.6 Å². The maximum absolute atomic E-state index is 11.7. The molecule has 0 aromatic carbocycles. The molecule has 7 heteroatoms. The summed E-state index contributed by atoms with van der Waals surface area (Å²) in [4.78, 5) is 32.8. The highest BCUT2D eigenvalue weighted by Gasteiger charge is 2.16. The molecule has 0 spiro atoms. The first-order chi connectivity index (χ1) is 9.65. The minimum Gasteiger partial charge on any atom is -0.378 e. The minimum atomic E-state index is -0.448. The zero-order valence-electron chi connectivity index (χ0n) is 11.4. The molecule has 20 heavy (non-hydrogen) atoms. The third kappa shape index (κ3) is 2.40. The lowest BCUT2D eigenvalue weighted by atomic mass is 10.0. The van der Waals surface area contributed by atoms with E-state index in [2.05, 4.69) is 15.0 Å². The van der Waals surface area contributed by atoms with E-state index in [-0.39, 0.29) is 6.10 Å². The molecule has 1 aliphatic heterocycles. The summed E-state index contributed by atoms with van der Waals surface area (Å²) in [5.41, 5.74) is -0.114. The number of nitrogens with zero attached hydrogens (tertiary/aromatic N) is 2. The first-order valence-electron chi connectivity index (χ1n) is 6.94. The molecule has 0 amide bonds. The van der Waals surface area contributed by atoms with E-state index < -0.39 is 11.2 Å². The van der Waals surface area contributed by atoms with Crippen molar-refractivity contribution in [3.8, 4) is 0 Å². The number of fused-ring (bicyclic) bond motifs is 1. The van der Waals surface area contributed by atoms with Gasteiger partial charge < -0.3 is 9.72 Å². The van der Waals surface area contributed by atoms with Crippen molar-refractivity contribution in [1.29, 1.82) is 0 Å². The van der Waals surface area contributed by atoms with Crippen LogP contribution in [0.25, 0.3) is 11.2 Å². The standard InChI is InChI=1S/C13H18N4O3/c1-17-11-10(12(18)16-13(17)19)14-9(15-11)6-5-8-4-2-3-7-20-8/h8H,2-7H2,1H3,(H,14,15)(H,16,18,19). The molecule has 1 unspecified atom stereocenters. The molecule has 2 N–H and O–H groups in total. The molecule has 0 saturated carbocycles.